The number of fused-ring (bicyclic) bond motifs is 5. The van der Waals surface area contributed by atoms with Gasteiger partial charge in [0.1, 0.15) is 48.1 Å². The van der Waals surface area contributed by atoms with Gasteiger partial charge in [0.25, 0.3) is 0 Å². The molecule has 284 valence electrons. The minimum absolute atomic E-state index is 0.0785. The highest BCUT2D eigenvalue weighted by atomic mass is 16.7. The number of carbonyl (C=O) groups excluding carboxylic acids is 7. The number of aromatic nitrogens is 1. The van der Waals surface area contributed by atoms with Crippen LogP contribution < -0.4 is 0 Å². The summed E-state index contributed by atoms with van der Waals surface area (Å²) in [5, 5.41) is 36.3. The van der Waals surface area contributed by atoms with E-state index in [2.05, 4.69) is 4.98 Å². The first-order chi connectivity index (χ1) is 24.1. The van der Waals surface area contributed by atoms with E-state index in [1.807, 2.05) is 0 Å². The molecule has 2 aliphatic heterocycles. The number of aliphatic hydroxyl groups is 3. The van der Waals surface area contributed by atoms with Crippen molar-refractivity contribution in [1.29, 1.82) is 0 Å². The van der Waals surface area contributed by atoms with Crippen molar-refractivity contribution in [3.05, 3.63) is 29.6 Å². The van der Waals surface area contributed by atoms with Crippen LogP contribution in [0.15, 0.2) is 18.3 Å². The lowest BCUT2D eigenvalue weighted by Crippen LogP contribution is -2.88. The maximum Gasteiger partial charge on any atom is 0.340 e. The van der Waals surface area contributed by atoms with E-state index in [0.29, 0.717) is 0 Å². The summed E-state index contributed by atoms with van der Waals surface area (Å²) in [6.07, 6.45) is -10.2. The highest BCUT2D eigenvalue weighted by molar-refractivity contribution is 5.94. The standard InChI is InChI=1S/C34H41NO17/c1-15(36)46-14-33-26(49-17(3)38)22(40)21-24(48-16(2)37)34(33)32(7,45)25(23(41)27(33)50-18(4)39)51-29(43)30(5,44)11-10-20-19(9-8-12-35-20)28(42)47-13-31(21,6)52-34/h8-9,12,21,23-27,41,44-45H,10-11,13-14H2,1-7H3/t21-,23+,24-,25+,26-,27+,30?,31+,32+,33-,34+/m1/s1. The second-order valence-corrected chi connectivity index (χ2v) is 14.2. The first kappa shape index (κ1) is 38.7. The van der Waals surface area contributed by atoms with Crippen LogP contribution in [0.5, 0.6) is 0 Å². The van der Waals surface area contributed by atoms with E-state index in [1.54, 1.807) is 0 Å². The Kier molecular flexibility index (Phi) is 9.79. The number of hydrogen-bond acceptors (Lipinski definition) is 18. The summed E-state index contributed by atoms with van der Waals surface area (Å²) >= 11 is 0. The molecule has 0 amide bonds. The van der Waals surface area contributed by atoms with Gasteiger partial charge in [0.2, 0.25) is 0 Å². The Balaban J connectivity index is 1.91. The fourth-order valence-corrected chi connectivity index (χ4v) is 8.31. The van der Waals surface area contributed by atoms with Crippen LogP contribution in [0, 0.1) is 11.3 Å². The molecule has 1 aromatic rings. The minimum Gasteiger partial charge on any atom is -0.465 e. The molecule has 1 unspecified atom stereocenters. The molecule has 1 aromatic heterocycles. The Hall–Kier alpha value is -4.52. The van der Waals surface area contributed by atoms with Crippen LogP contribution in [0.3, 0.4) is 0 Å². The average molecular weight is 736 g/mol. The fourth-order valence-electron chi connectivity index (χ4n) is 8.31. The number of ketones is 1. The molecule has 5 rings (SSSR count). The van der Waals surface area contributed by atoms with Crippen LogP contribution in [0.25, 0.3) is 0 Å². The minimum atomic E-state index is -2.89. The number of Topliss-reactive ketones (excluding diaryl/α,β-unsaturated/α-hetero) is 1. The summed E-state index contributed by atoms with van der Waals surface area (Å²) < 4.78 is 40.5. The van der Waals surface area contributed by atoms with E-state index in [4.69, 9.17) is 33.2 Å². The Labute approximate surface area is 297 Å². The van der Waals surface area contributed by atoms with Crippen molar-refractivity contribution < 1.29 is 82.0 Å². The predicted octanol–water partition coefficient (Wildman–Crippen LogP) is -0.956. The summed E-state index contributed by atoms with van der Waals surface area (Å²) in [6.45, 7) is 5.20. The highest BCUT2D eigenvalue weighted by Gasteiger charge is 2.91. The molecule has 0 radical (unpaired) electrons. The topological polar surface area (TPSA) is 258 Å². The molecular formula is C34H41NO17. The van der Waals surface area contributed by atoms with Gasteiger partial charge in [0.05, 0.1) is 17.2 Å². The Morgan fingerprint density at radius 1 is 0.923 bits per heavy atom. The number of carbonyl (C=O) groups is 7. The molecular weight excluding hydrogens is 694 g/mol. The molecule has 2 aliphatic carbocycles. The molecule has 0 aromatic carbocycles. The molecule has 18 nitrogen and oxygen atoms in total. The molecule has 1 saturated heterocycles. The lowest BCUT2D eigenvalue weighted by Gasteiger charge is -2.66. The van der Waals surface area contributed by atoms with E-state index in [9.17, 15) is 48.9 Å². The Bertz CT molecular complexity index is 1710. The third-order valence-corrected chi connectivity index (χ3v) is 10.4. The number of ether oxygens (including phenoxy) is 7. The number of pyridine rings is 1. The van der Waals surface area contributed by atoms with Crippen molar-refractivity contribution >= 4 is 41.6 Å². The summed E-state index contributed by atoms with van der Waals surface area (Å²) in [6, 6.07) is 2.81. The van der Waals surface area contributed by atoms with Crippen LogP contribution in [0.2, 0.25) is 0 Å². The molecule has 2 saturated carbocycles. The number of aliphatic hydroxyl groups excluding tert-OH is 1. The monoisotopic (exact) mass is 735 g/mol. The molecule has 11 atom stereocenters. The van der Waals surface area contributed by atoms with E-state index >= 15 is 0 Å². The normalized spacial score (nSPS) is 39.8. The number of cyclic esters (lactones) is 1. The van der Waals surface area contributed by atoms with Crippen molar-refractivity contribution in [1.82, 2.24) is 4.98 Å². The zero-order valence-electron chi connectivity index (χ0n) is 29.5. The highest BCUT2D eigenvalue weighted by Crippen LogP contribution is 2.68. The molecule has 3 N–H and O–H groups in total. The average Bonchev–Trinajstić information content (AvgIpc) is 3.27. The lowest BCUT2D eigenvalue weighted by molar-refractivity contribution is -0.377. The molecule has 18 heteroatoms. The summed E-state index contributed by atoms with van der Waals surface area (Å²) in [5.41, 5.74) is -12.8. The molecule has 4 bridgehead atoms. The van der Waals surface area contributed by atoms with E-state index in [-0.39, 0.29) is 17.7 Å². The quantitative estimate of drug-likeness (QED) is 0.243. The first-order valence-electron chi connectivity index (χ1n) is 16.4. The number of hydrogen-bond donors (Lipinski definition) is 3. The van der Waals surface area contributed by atoms with Gasteiger partial charge in [-0.05, 0) is 45.7 Å². The van der Waals surface area contributed by atoms with Crippen molar-refractivity contribution in [3.63, 3.8) is 0 Å². The summed E-state index contributed by atoms with van der Waals surface area (Å²) in [5.74, 6) is -9.50. The maximum atomic E-state index is 14.9. The zero-order chi connectivity index (χ0) is 38.8. The summed E-state index contributed by atoms with van der Waals surface area (Å²) in [7, 11) is 0. The van der Waals surface area contributed by atoms with Gasteiger partial charge in [0.15, 0.2) is 29.2 Å². The van der Waals surface area contributed by atoms with E-state index in [1.165, 1.54) is 25.3 Å². The second-order valence-electron chi connectivity index (χ2n) is 14.2. The van der Waals surface area contributed by atoms with Gasteiger partial charge in [-0.15, -0.1) is 0 Å². The largest absolute Gasteiger partial charge is 0.465 e. The van der Waals surface area contributed by atoms with Crippen LogP contribution in [0.1, 0.15) is 70.9 Å². The van der Waals surface area contributed by atoms with Gasteiger partial charge in [-0.2, -0.15) is 0 Å². The van der Waals surface area contributed by atoms with Crippen molar-refractivity contribution in [3.8, 4) is 0 Å². The molecule has 3 heterocycles. The van der Waals surface area contributed by atoms with Gasteiger partial charge in [-0.25, -0.2) is 9.59 Å². The Morgan fingerprint density at radius 3 is 2.13 bits per heavy atom. The van der Waals surface area contributed by atoms with Crippen LogP contribution in [0.4, 0.5) is 0 Å². The first-order valence-corrected chi connectivity index (χ1v) is 16.4. The number of nitrogens with zero attached hydrogens (tertiary/aromatic N) is 1. The molecule has 4 aliphatic rings. The van der Waals surface area contributed by atoms with E-state index < -0.39 is 125 Å². The lowest BCUT2D eigenvalue weighted by atomic mass is 9.45. The zero-order valence-corrected chi connectivity index (χ0v) is 29.5. The SMILES string of the molecule is CC(=O)OC[C@]12[C@H](OC(C)=O)C(=O)[C@@H]3[C@@H](OC(C)=O)[C@@]14O[C@@]3(C)COC(=O)c1cccnc1CCC(C)(O)C(=O)O[C@@H]([C@H](O)[C@@H]2OC(C)=O)[C@]4(C)O. The van der Waals surface area contributed by atoms with Gasteiger partial charge < -0.3 is 48.5 Å². The molecule has 3 fully saturated rings. The van der Waals surface area contributed by atoms with Crippen molar-refractivity contribution in [2.24, 2.45) is 11.3 Å². The number of rotatable bonds is 5. The van der Waals surface area contributed by atoms with Gasteiger partial charge in [0, 0.05) is 33.9 Å². The number of esters is 6. The number of aryl methyl sites for hydroxylation is 1. The predicted molar refractivity (Wildman–Crippen MR) is 166 cm³/mol. The Morgan fingerprint density at radius 2 is 1.54 bits per heavy atom. The van der Waals surface area contributed by atoms with E-state index in [0.717, 1.165) is 41.5 Å². The van der Waals surface area contributed by atoms with Crippen molar-refractivity contribution in [2.75, 3.05) is 13.2 Å². The summed E-state index contributed by atoms with van der Waals surface area (Å²) in [4.78, 5) is 97.4. The van der Waals surface area contributed by atoms with Gasteiger partial charge >= 0.3 is 35.8 Å². The van der Waals surface area contributed by atoms with Crippen LogP contribution >= 0.6 is 0 Å². The third kappa shape index (κ3) is 5.81. The van der Waals surface area contributed by atoms with Crippen LogP contribution in [-0.4, -0.2) is 128 Å². The molecule has 1 spiro atoms. The molecule has 52 heavy (non-hydrogen) atoms. The maximum absolute atomic E-state index is 14.9. The third-order valence-electron chi connectivity index (χ3n) is 10.4. The fraction of sp³-hybridized carbons (Fsp3) is 0.647. The van der Waals surface area contributed by atoms with Gasteiger partial charge in [-0.3, -0.25) is 29.0 Å². The second kappa shape index (κ2) is 13.2. The van der Waals surface area contributed by atoms with Gasteiger partial charge in [-0.1, -0.05) is 0 Å². The smallest absolute Gasteiger partial charge is 0.340 e. The van der Waals surface area contributed by atoms with Crippen molar-refractivity contribution in [2.45, 2.75) is 114 Å². The van der Waals surface area contributed by atoms with Crippen LogP contribution in [-0.2, 0) is 68.3 Å².